The first-order valence-electron chi connectivity index (χ1n) is 8.33. The second kappa shape index (κ2) is 9.21. The number of hydrogen-bond acceptors (Lipinski definition) is 4. The number of thioether (sulfide) groups is 1. The fourth-order valence-electron chi connectivity index (χ4n) is 2.56. The molecule has 2 N–H and O–H groups in total. The molecule has 5 nitrogen and oxygen atoms in total. The first kappa shape index (κ1) is 20.5. The Morgan fingerprint density at radius 1 is 1.15 bits per heavy atom. The first-order chi connectivity index (χ1) is 12.3. The minimum Gasteiger partial charge on any atom is -0.325 e. The standard InChI is InChI=1S/C19H24N2O3S2/c1-14(9-10-16-7-5-4-6-8-16)21-26(23,24)17-11-12-19(25-3)18(13-17)20-15(2)22/h4-8,11-14,21H,9-10H2,1-3H3,(H,20,22)/t14-/m0/s1. The van der Waals surface area contributed by atoms with Crippen LogP contribution in [0.3, 0.4) is 0 Å². The molecule has 140 valence electrons. The molecule has 0 unspecified atom stereocenters. The number of aryl methyl sites for hydroxylation is 1. The number of rotatable bonds is 8. The maximum atomic E-state index is 12.7. The van der Waals surface area contributed by atoms with Crippen molar-refractivity contribution in [3.05, 3.63) is 54.1 Å². The zero-order chi connectivity index (χ0) is 19.2. The predicted molar refractivity (Wildman–Crippen MR) is 107 cm³/mol. The quantitative estimate of drug-likeness (QED) is 0.672. The van der Waals surface area contributed by atoms with Crippen LogP contribution in [0.5, 0.6) is 0 Å². The third kappa shape index (κ3) is 5.86. The van der Waals surface area contributed by atoms with Gasteiger partial charge in [-0.1, -0.05) is 30.3 Å². The molecular formula is C19H24N2O3S2. The van der Waals surface area contributed by atoms with Gasteiger partial charge in [-0.25, -0.2) is 13.1 Å². The summed E-state index contributed by atoms with van der Waals surface area (Å²) in [6, 6.07) is 14.5. The Hall–Kier alpha value is -1.83. The molecule has 2 aromatic rings. The molecule has 0 aliphatic heterocycles. The molecular weight excluding hydrogens is 368 g/mol. The maximum Gasteiger partial charge on any atom is 0.240 e. The van der Waals surface area contributed by atoms with Crippen LogP contribution in [-0.4, -0.2) is 26.6 Å². The van der Waals surface area contributed by atoms with E-state index in [1.54, 1.807) is 12.1 Å². The lowest BCUT2D eigenvalue weighted by molar-refractivity contribution is -0.114. The van der Waals surface area contributed by atoms with Crippen LogP contribution in [0.2, 0.25) is 0 Å². The molecule has 0 aliphatic rings. The summed E-state index contributed by atoms with van der Waals surface area (Å²) in [5, 5.41) is 2.68. The predicted octanol–water partition coefficient (Wildman–Crippen LogP) is 3.67. The summed E-state index contributed by atoms with van der Waals surface area (Å²) in [7, 11) is -3.66. The Bertz CT molecular complexity index is 852. The zero-order valence-electron chi connectivity index (χ0n) is 15.2. The smallest absolute Gasteiger partial charge is 0.240 e. The van der Waals surface area contributed by atoms with Crippen LogP contribution in [-0.2, 0) is 21.2 Å². The van der Waals surface area contributed by atoms with Crippen LogP contribution in [0.1, 0.15) is 25.8 Å². The molecule has 0 radical (unpaired) electrons. The molecule has 0 saturated carbocycles. The summed E-state index contributed by atoms with van der Waals surface area (Å²) >= 11 is 1.45. The van der Waals surface area contributed by atoms with Gasteiger partial charge in [-0.2, -0.15) is 0 Å². The number of carbonyl (C=O) groups is 1. The van der Waals surface area contributed by atoms with Crippen molar-refractivity contribution < 1.29 is 13.2 Å². The summed E-state index contributed by atoms with van der Waals surface area (Å²) in [4.78, 5) is 12.3. The third-order valence-corrected chi connectivity index (χ3v) is 6.24. The second-order valence-corrected chi connectivity index (χ2v) is 8.65. The van der Waals surface area contributed by atoms with Gasteiger partial charge in [0.15, 0.2) is 0 Å². The van der Waals surface area contributed by atoms with E-state index in [1.165, 1.54) is 30.3 Å². The number of nitrogens with one attached hydrogen (secondary N) is 2. The van der Waals surface area contributed by atoms with Crippen LogP contribution in [0, 0.1) is 0 Å². The molecule has 0 fully saturated rings. The van der Waals surface area contributed by atoms with Gasteiger partial charge >= 0.3 is 0 Å². The Kier molecular flexibility index (Phi) is 7.25. The normalized spacial score (nSPS) is 12.6. The summed E-state index contributed by atoms with van der Waals surface area (Å²) in [6.45, 7) is 3.25. The molecule has 2 rings (SSSR count). The fraction of sp³-hybridized carbons (Fsp3) is 0.316. The van der Waals surface area contributed by atoms with E-state index in [1.807, 2.05) is 43.5 Å². The van der Waals surface area contributed by atoms with Crippen molar-refractivity contribution in [2.24, 2.45) is 0 Å². The van der Waals surface area contributed by atoms with Crippen molar-refractivity contribution >= 4 is 33.4 Å². The van der Waals surface area contributed by atoms with E-state index >= 15 is 0 Å². The summed E-state index contributed by atoms with van der Waals surface area (Å²) in [6.07, 6.45) is 3.37. The van der Waals surface area contributed by atoms with Gasteiger partial charge in [-0.05, 0) is 49.8 Å². The van der Waals surface area contributed by atoms with Gasteiger partial charge in [0.1, 0.15) is 0 Å². The molecule has 1 amide bonds. The summed E-state index contributed by atoms with van der Waals surface area (Å²) < 4.78 is 28.0. The van der Waals surface area contributed by atoms with Crippen molar-refractivity contribution in [2.75, 3.05) is 11.6 Å². The van der Waals surface area contributed by atoms with Gasteiger partial charge in [0.25, 0.3) is 0 Å². The molecule has 0 aliphatic carbocycles. The number of carbonyl (C=O) groups excluding carboxylic acids is 1. The highest BCUT2D eigenvalue weighted by Gasteiger charge is 2.19. The average molecular weight is 393 g/mol. The number of anilines is 1. The van der Waals surface area contributed by atoms with E-state index < -0.39 is 10.0 Å². The van der Waals surface area contributed by atoms with E-state index in [0.717, 1.165) is 11.3 Å². The molecule has 0 heterocycles. The van der Waals surface area contributed by atoms with Gasteiger partial charge < -0.3 is 5.32 Å². The average Bonchev–Trinajstić information content (AvgIpc) is 2.60. The molecule has 0 bridgehead atoms. The van der Waals surface area contributed by atoms with E-state index in [-0.39, 0.29) is 16.8 Å². The minimum absolute atomic E-state index is 0.144. The van der Waals surface area contributed by atoms with Crippen molar-refractivity contribution in [1.29, 1.82) is 0 Å². The SMILES string of the molecule is CSc1ccc(S(=O)(=O)N[C@@H](C)CCc2ccccc2)cc1NC(C)=O. The van der Waals surface area contributed by atoms with Crippen LogP contribution >= 0.6 is 11.8 Å². The summed E-state index contributed by atoms with van der Waals surface area (Å²) in [5.41, 5.74) is 1.68. The highest BCUT2D eigenvalue weighted by atomic mass is 32.2. The Morgan fingerprint density at radius 2 is 1.85 bits per heavy atom. The Labute approximate surface area is 159 Å². The second-order valence-electron chi connectivity index (χ2n) is 6.09. The Balaban J connectivity index is 2.09. The van der Waals surface area contributed by atoms with Crippen molar-refractivity contribution in [3.8, 4) is 0 Å². The molecule has 0 aromatic heterocycles. The monoisotopic (exact) mass is 392 g/mol. The molecule has 2 aromatic carbocycles. The number of hydrogen-bond donors (Lipinski definition) is 2. The van der Waals surface area contributed by atoms with Crippen LogP contribution in [0.15, 0.2) is 58.3 Å². The van der Waals surface area contributed by atoms with Crippen LogP contribution in [0.4, 0.5) is 5.69 Å². The van der Waals surface area contributed by atoms with Gasteiger partial charge in [-0.3, -0.25) is 4.79 Å². The molecule has 7 heteroatoms. The van der Waals surface area contributed by atoms with E-state index in [0.29, 0.717) is 12.1 Å². The van der Waals surface area contributed by atoms with Gasteiger partial charge in [-0.15, -0.1) is 11.8 Å². The fourth-order valence-corrected chi connectivity index (χ4v) is 4.40. The lowest BCUT2D eigenvalue weighted by Gasteiger charge is -2.16. The van der Waals surface area contributed by atoms with E-state index in [2.05, 4.69) is 10.0 Å². The van der Waals surface area contributed by atoms with Crippen LogP contribution in [0.25, 0.3) is 0 Å². The van der Waals surface area contributed by atoms with E-state index in [4.69, 9.17) is 0 Å². The first-order valence-corrected chi connectivity index (χ1v) is 11.0. The summed E-state index contributed by atoms with van der Waals surface area (Å²) in [5.74, 6) is -0.237. The number of sulfonamides is 1. The largest absolute Gasteiger partial charge is 0.325 e. The minimum atomic E-state index is -3.66. The number of amides is 1. The van der Waals surface area contributed by atoms with E-state index in [9.17, 15) is 13.2 Å². The van der Waals surface area contributed by atoms with Gasteiger partial charge in [0.2, 0.25) is 15.9 Å². The van der Waals surface area contributed by atoms with Crippen molar-refractivity contribution in [3.63, 3.8) is 0 Å². The molecule has 0 spiro atoms. The number of benzene rings is 2. The van der Waals surface area contributed by atoms with Crippen molar-refractivity contribution in [1.82, 2.24) is 4.72 Å². The Morgan fingerprint density at radius 3 is 2.46 bits per heavy atom. The third-order valence-electron chi connectivity index (χ3n) is 3.86. The maximum absolute atomic E-state index is 12.7. The molecule has 26 heavy (non-hydrogen) atoms. The van der Waals surface area contributed by atoms with Crippen molar-refractivity contribution in [2.45, 2.75) is 42.5 Å². The van der Waals surface area contributed by atoms with Gasteiger partial charge in [0.05, 0.1) is 10.6 Å². The highest BCUT2D eigenvalue weighted by molar-refractivity contribution is 7.98. The highest BCUT2D eigenvalue weighted by Crippen LogP contribution is 2.28. The topological polar surface area (TPSA) is 75.3 Å². The lowest BCUT2D eigenvalue weighted by Crippen LogP contribution is -2.33. The van der Waals surface area contributed by atoms with Crippen LogP contribution < -0.4 is 10.0 Å². The molecule has 1 atom stereocenters. The lowest BCUT2D eigenvalue weighted by atomic mass is 10.1. The zero-order valence-corrected chi connectivity index (χ0v) is 16.8. The van der Waals surface area contributed by atoms with Gasteiger partial charge in [0, 0.05) is 17.9 Å². The molecule has 0 saturated heterocycles.